The minimum absolute atomic E-state index is 0.0249. The first kappa shape index (κ1) is 68.1. The van der Waals surface area contributed by atoms with Crippen LogP contribution in [0.1, 0.15) is 131 Å². The molecule has 458 valence electrons. The number of carbonyl (C=O) groups excluding carboxylic acids is 8. The molecule has 0 aliphatic rings. The van der Waals surface area contributed by atoms with Crippen LogP contribution in [0.3, 0.4) is 0 Å². The third-order valence-electron chi connectivity index (χ3n) is 14.0. The molecule has 0 aromatic heterocycles. The SMILES string of the molecule is CC(=O)CCOCCNC(=O)C(CCCCNC(=O)C(CCCCNC(=O)CCc1ccc(O)c(C)c1)NC(=O)CCc1ccc(O)c(O)c1)CC(=O)C(CCCCNC(=O)CCc1ccc(O)c(O)c1)NC(=O)CCc1ccc(O)c(O)c1. The zero-order valence-electron chi connectivity index (χ0n) is 48.1. The molecule has 0 radical (unpaired) electrons. The molecule has 3 atom stereocenters. The molecule has 0 spiro atoms. The summed E-state index contributed by atoms with van der Waals surface area (Å²) in [5.41, 5.74) is 3.45. The molecule has 0 saturated carbocycles. The first-order chi connectivity index (χ1) is 40.2. The predicted molar refractivity (Wildman–Crippen MR) is 312 cm³/mol. The average molecular weight is 1170 g/mol. The fourth-order valence-corrected chi connectivity index (χ4v) is 9.04. The molecule has 0 heterocycles. The van der Waals surface area contributed by atoms with Crippen molar-refractivity contribution in [2.24, 2.45) is 5.92 Å². The van der Waals surface area contributed by atoms with E-state index in [1.54, 1.807) is 37.3 Å². The Bertz CT molecular complexity index is 2830. The number of hydrogen-bond donors (Lipinski definition) is 13. The van der Waals surface area contributed by atoms with Crippen LogP contribution in [-0.4, -0.2) is 134 Å². The number of hydrogen-bond acceptors (Lipinski definition) is 16. The molecule has 4 rings (SSSR count). The van der Waals surface area contributed by atoms with E-state index in [4.69, 9.17) is 4.74 Å². The number of aryl methyl sites for hydroxylation is 5. The zero-order valence-corrected chi connectivity index (χ0v) is 48.1. The number of ketones is 2. The Morgan fingerprint density at radius 3 is 1.29 bits per heavy atom. The Balaban J connectivity index is 1.37. The van der Waals surface area contributed by atoms with E-state index in [-0.39, 0.29) is 161 Å². The second kappa shape index (κ2) is 36.9. The lowest BCUT2D eigenvalue weighted by Gasteiger charge is -2.22. The van der Waals surface area contributed by atoms with Crippen LogP contribution in [0.15, 0.2) is 72.8 Å². The zero-order chi connectivity index (χ0) is 61.4. The van der Waals surface area contributed by atoms with E-state index in [1.165, 1.54) is 43.3 Å². The molecule has 4 aromatic rings. The van der Waals surface area contributed by atoms with Crippen LogP contribution in [0.5, 0.6) is 40.2 Å². The predicted octanol–water partition coefficient (Wildman–Crippen LogP) is 5.28. The van der Waals surface area contributed by atoms with E-state index >= 15 is 0 Å². The molecule has 4 aromatic carbocycles. The standard InChI is InChI=1S/C62H84N6O16/c1-40-35-42(12-20-49(40)70)16-24-57(78)64-30-8-5-11-48(68-60(81)27-19-45-15-23-52(73)56(77)38-45)62(83)65-31-6-3-9-46(61(82)66-32-34-84-33-28-41(2)69)39-53(74)47(67-59(80)26-18-44-14-22-51(72)55(76)37-44)10-4-7-29-63-58(79)25-17-43-13-21-50(71)54(75)36-43/h12-15,20-23,35-38,46-48,70-73,75-77H,3-11,16-19,24-34,39H2,1-2H3,(H,63,79)(H,64,78)(H,65,83)(H,66,82)(H,67,80)(H,68,81). The number of carbonyl (C=O) groups is 8. The monoisotopic (exact) mass is 1170 g/mol. The van der Waals surface area contributed by atoms with Crippen molar-refractivity contribution in [3.05, 3.63) is 101 Å². The minimum atomic E-state index is -1.02. The number of phenols is 7. The van der Waals surface area contributed by atoms with Gasteiger partial charge < -0.3 is 72.4 Å². The number of benzene rings is 4. The fraction of sp³-hybridized carbons (Fsp3) is 0.484. The third kappa shape index (κ3) is 26.7. The number of ether oxygens (including phenoxy) is 1. The summed E-state index contributed by atoms with van der Waals surface area (Å²) in [6, 6.07) is 16.0. The molecule has 84 heavy (non-hydrogen) atoms. The lowest BCUT2D eigenvalue weighted by atomic mass is 9.91. The summed E-state index contributed by atoms with van der Waals surface area (Å²) in [5, 5.41) is 85.6. The van der Waals surface area contributed by atoms with Crippen LogP contribution in [-0.2, 0) is 68.8 Å². The second-order valence-electron chi connectivity index (χ2n) is 21.0. The van der Waals surface area contributed by atoms with Gasteiger partial charge in [-0.25, -0.2) is 0 Å². The van der Waals surface area contributed by atoms with Gasteiger partial charge in [0.2, 0.25) is 35.4 Å². The van der Waals surface area contributed by atoms with Gasteiger partial charge in [0, 0.05) is 70.6 Å². The molecule has 0 aliphatic carbocycles. The summed E-state index contributed by atoms with van der Waals surface area (Å²) in [4.78, 5) is 105. The highest BCUT2D eigenvalue weighted by Crippen LogP contribution is 2.28. The van der Waals surface area contributed by atoms with Gasteiger partial charge in [0.15, 0.2) is 40.3 Å². The Morgan fingerprint density at radius 2 is 0.821 bits per heavy atom. The Hall–Kier alpha value is -8.40. The molecule has 0 bridgehead atoms. The maximum atomic E-state index is 14.3. The van der Waals surface area contributed by atoms with Gasteiger partial charge in [0.25, 0.3) is 0 Å². The van der Waals surface area contributed by atoms with Gasteiger partial charge in [-0.05, 0) is 161 Å². The van der Waals surface area contributed by atoms with Gasteiger partial charge in [0.05, 0.1) is 19.3 Å². The topological polar surface area (TPSA) is 360 Å². The van der Waals surface area contributed by atoms with Crippen molar-refractivity contribution in [1.82, 2.24) is 31.9 Å². The molecule has 22 heteroatoms. The van der Waals surface area contributed by atoms with Gasteiger partial charge in [-0.1, -0.05) is 36.8 Å². The smallest absolute Gasteiger partial charge is 0.242 e. The highest BCUT2D eigenvalue weighted by Gasteiger charge is 2.28. The molecule has 0 fully saturated rings. The number of nitrogens with one attached hydrogen (secondary N) is 6. The van der Waals surface area contributed by atoms with Crippen LogP contribution in [0.4, 0.5) is 0 Å². The maximum Gasteiger partial charge on any atom is 0.242 e. The first-order valence-corrected chi connectivity index (χ1v) is 28.8. The van der Waals surface area contributed by atoms with E-state index in [2.05, 4.69) is 31.9 Å². The number of phenolic OH excluding ortho intramolecular Hbond substituents is 7. The normalized spacial score (nSPS) is 12.1. The van der Waals surface area contributed by atoms with Gasteiger partial charge in [-0.2, -0.15) is 0 Å². The van der Waals surface area contributed by atoms with Crippen molar-refractivity contribution in [3.8, 4) is 40.2 Å². The summed E-state index contributed by atoms with van der Waals surface area (Å²) in [6.45, 7) is 4.33. The van der Waals surface area contributed by atoms with Crippen molar-refractivity contribution in [1.29, 1.82) is 0 Å². The summed E-state index contributed by atoms with van der Waals surface area (Å²) >= 11 is 0. The summed E-state index contributed by atoms with van der Waals surface area (Å²) < 4.78 is 5.49. The number of unbranched alkanes of at least 4 members (excludes halogenated alkanes) is 3. The van der Waals surface area contributed by atoms with Crippen LogP contribution in [0.25, 0.3) is 0 Å². The van der Waals surface area contributed by atoms with E-state index < -0.39 is 47.4 Å². The highest BCUT2D eigenvalue weighted by atomic mass is 16.5. The van der Waals surface area contributed by atoms with Crippen LogP contribution >= 0.6 is 0 Å². The summed E-state index contributed by atoms with van der Waals surface area (Å²) in [6.07, 6.45) is 4.56. The summed E-state index contributed by atoms with van der Waals surface area (Å²) in [7, 11) is 0. The second-order valence-corrected chi connectivity index (χ2v) is 21.0. The van der Waals surface area contributed by atoms with E-state index in [9.17, 15) is 74.1 Å². The molecular formula is C62H84N6O16. The molecule has 3 unspecified atom stereocenters. The molecule has 6 amide bonds. The molecule has 22 nitrogen and oxygen atoms in total. The van der Waals surface area contributed by atoms with E-state index in [0.29, 0.717) is 80.2 Å². The van der Waals surface area contributed by atoms with E-state index in [0.717, 1.165) is 5.56 Å². The van der Waals surface area contributed by atoms with Crippen molar-refractivity contribution < 1.29 is 78.8 Å². The molecule has 0 aliphatic heterocycles. The molecule has 13 N–H and O–H groups in total. The van der Waals surface area contributed by atoms with Crippen LogP contribution in [0.2, 0.25) is 0 Å². The lowest BCUT2D eigenvalue weighted by Crippen LogP contribution is -2.47. The van der Waals surface area contributed by atoms with Crippen LogP contribution < -0.4 is 31.9 Å². The maximum absolute atomic E-state index is 14.3. The Labute approximate surface area is 490 Å². The van der Waals surface area contributed by atoms with Gasteiger partial charge in [-0.3, -0.25) is 38.4 Å². The largest absolute Gasteiger partial charge is 0.508 e. The first-order valence-electron chi connectivity index (χ1n) is 28.8. The minimum Gasteiger partial charge on any atom is -0.508 e. The molecule has 0 saturated heterocycles. The van der Waals surface area contributed by atoms with Crippen molar-refractivity contribution in [2.45, 2.75) is 148 Å². The summed E-state index contributed by atoms with van der Waals surface area (Å²) in [5.74, 6) is -5.22. The Morgan fingerprint density at radius 1 is 0.417 bits per heavy atom. The van der Waals surface area contributed by atoms with Crippen molar-refractivity contribution in [3.63, 3.8) is 0 Å². The number of Topliss-reactive ketones (excluding diaryl/α,β-unsaturated/α-hetero) is 2. The van der Waals surface area contributed by atoms with Crippen molar-refractivity contribution in [2.75, 3.05) is 39.4 Å². The number of rotatable bonds is 40. The number of aromatic hydroxyl groups is 7. The fourth-order valence-electron chi connectivity index (χ4n) is 9.04. The molecular weight excluding hydrogens is 1080 g/mol. The third-order valence-corrected chi connectivity index (χ3v) is 14.0. The quantitative estimate of drug-likeness (QED) is 0.0199. The Kier molecular flexibility index (Phi) is 29.9. The highest BCUT2D eigenvalue weighted by molar-refractivity contribution is 5.92. The van der Waals surface area contributed by atoms with E-state index in [1.807, 2.05) is 6.07 Å². The lowest BCUT2D eigenvalue weighted by molar-refractivity contribution is -0.132. The number of amides is 6. The average Bonchev–Trinajstić information content (AvgIpc) is 3.54. The van der Waals surface area contributed by atoms with Crippen molar-refractivity contribution >= 4 is 47.0 Å². The van der Waals surface area contributed by atoms with Gasteiger partial charge in [0.1, 0.15) is 17.6 Å². The van der Waals surface area contributed by atoms with Gasteiger partial charge >= 0.3 is 0 Å². The van der Waals surface area contributed by atoms with Crippen LogP contribution in [0, 0.1) is 12.8 Å². The van der Waals surface area contributed by atoms with Gasteiger partial charge in [-0.15, -0.1) is 0 Å².